The summed E-state index contributed by atoms with van der Waals surface area (Å²) in [6.07, 6.45) is 2.37. The lowest BCUT2D eigenvalue weighted by Crippen LogP contribution is -2.47. The zero-order valence-corrected chi connectivity index (χ0v) is 13.2. The summed E-state index contributed by atoms with van der Waals surface area (Å²) in [5, 5.41) is 0. The van der Waals surface area contributed by atoms with E-state index >= 15 is 0 Å². The van der Waals surface area contributed by atoms with Crippen LogP contribution in [0.25, 0.3) is 0 Å². The number of hydrogen-bond acceptors (Lipinski definition) is 3. The SMILES string of the molecule is CC.CC(=O)N1CCC(CN2CCN(C)CC2)CC1. The van der Waals surface area contributed by atoms with Crippen molar-refractivity contribution < 1.29 is 4.79 Å². The molecule has 4 nitrogen and oxygen atoms in total. The van der Waals surface area contributed by atoms with Gasteiger partial charge < -0.3 is 14.7 Å². The highest BCUT2D eigenvalue weighted by Crippen LogP contribution is 2.19. The van der Waals surface area contributed by atoms with Gasteiger partial charge in [0, 0.05) is 52.7 Å². The quantitative estimate of drug-likeness (QED) is 0.760. The number of nitrogens with zero attached hydrogens (tertiary/aromatic N) is 3. The number of hydrogen-bond donors (Lipinski definition) is 0. The third-order valence-corrected chi connectivity index (χ3v) is 4.17. The average molecular weight is 269 g/mol. The minimum Gasteiger partial charge on any atom is -0.343 e. The number of piperidine rings is 1. The van der Waals surface area contributed by atoms with Gasteiger partial charge in [0.1, 0.15) is 0 Å². The highest BCUT2D eigenvalue weighted by atomic mass is 16.2. The van der Waals surface area contributed by atoms with Gasteiger partial charge in [-0.3, -0.25) is 4.79 Å². The number of carbonyl (C=O) groups is 1. The Labute approximate surface area is 118 Å². The minimum absolute atomic E-state index is 0.239. The Balaban J connectivity index is 0.000000861. The lowest BCUT2D eigenvalue weighted by atomic mass is 9.96. The maximum absolute atomic E-state index is 11.2. The first-order chi connectivity index (χ1) is 9.15. The van der Waals surface area contributed by atoms with Gasteiger partial charge in [0.15, 0.2) is 0 Å². The molecule has 0 atom stereocenters. The maximum Gasteiger partial charge on any atom is 0.219 e. The Kier molecular flexibility index (Phi) is 7.39. The van der Waals surface area contributed by atoms with E-state index in [2.05, 4.69) is 16.8 Å². The van der Waals surface area contributed by atoms with Crippen molar-refractivity contribution in [3.8, 4) is 0 Å². The molecule has 0 aliphatic carbocycles. The molecule has 0 aromatic rings. The molecule has 2 fully saturated rings. The van der Waals surface area contributed by atoms with Crippen LogP contribution >= 0.6 is 0 Å². The second-order valence-corrected chi connectivity index (χ2v) is 5.55. The topological polar surface area (TPSA) is 26.8 Å². The fourth-order valence-electron chi connectivity index (χ4n) is 2.83. The standard InChI is InChI=1S/C13H25N3O.C2H6/c1-12(17)16-5-3-13(4-6-16)11-15-9-7-14(2)8-10-15;1-2/h13H,3-11H2,1-2H3;1-2H3. The Morgan fingerprint density at radius 1 is 1.00 bits per heavy atom. The largest absolute Gasteiger partial charge is 0.343 e. The molecule has 4 heteroatoms. The molecule has 2 aliphatic rings. The minimum atomic E-state index is 0.239. The van der Waals surface area contributed by atoms with Gasteiger partial charge in [0.25, 0.3) is 0 Å². The van der Waals surface area contributed by atoms with Crippen molar-refractivity contribution in [2.24, 2.45) is 5.92 Å². The average Bonchev–Trinajstić information content (AvgIpc) is 2.44. The van der Waals surface area contributed by atoms with Crippen molar-refractivity contribution in [3.63, 3.8) is 0 Å². The van der Waals surface area contributed by atoms with Crippen LogP contribution in [0.3, 0.4) is 0 Å². The maximum atomic E-state index is 11.2. The van der Waals surface area contributed by atoms with Gasteiger partial charge in [-0.25, -0.2) is 0 Å². The van der Waals surface area contributed by atoms with Crippen LogP contribution in [0.1, 0.15) is 33.6 Å². The first-order valence-electron chi connectivity index (χ1n) is 7.81. The van der Waals surface area contributed by atoms with Gasteiger partial charge in [-0.05, 0) is 25.8 Å². The molecule has 2 aliphatic heterocycles. The van der Waals surface area contributed by atoms with E-state index in [0.717, 1.165) is 19.0 Å². The summed E-state index contributed by atoms with van der Waals surface area (Å²) >= 11 is 0. The smallest absolute Gasteiger partial charge is 0.219 e. The van der Waals surface area contributed by atoms with E-state index in [-0.39, 0.29) is 5.91 Å². The van der Waals surface area contributed by atoms with E-state index in [1.165, 1.54) is 45.6 Å². The van der Waals surface area contributed by atoms with Gasteiger partial charge in [-0.2, -0.15) is 0 Å². The predicted molar refractivity (Wildman–Crippen MR) is 80.3 cm³/mol. The van der Waals surface area contributed by atoms with Crippen LogP contribution in [-0.2, 0) is 4.79 Å². The Bertz CT molecular complexity index is 254. The molecule has 0 spiro atoms. The number of rotatable bonds is 2. The fraction of sp³-hybridized carbons (Fsp3) is 0.933. The molecule has 0 aromatic heterocycles. The summed E-state index contributed by atoms with van der Waals surface area (Å²) in [7, 11) is 2.20. The third kappa shape index (κ3) is 5.49. The molecule has 112 valence electrons. The molecule has 0 N–H and O–H groups in total. The van der Waals surface area contributed by atoms with Crippen molar-refractivity contribution in [2.75, 3.05) is 52.9 Å². The molecule has 0 saturated carbocycles. The molecular formula is C15H31N3O. The highest BCUT2D eigenvalue weighted by molar-refractivity contribution is 5.73. The number of piperazine rings is 1. The molecule has 2 saturated heterocycles. The van der Waals surface area contributed by atoms with Crippen molar-refractivity contribution >= 4 is 5.91 Å². The van der Waals surface area contributed by atoms with Crippen molar-refractivity contribution in [1.29, 1.82) is 0 Å². The second kappa shape index (κ2) is 8.54. The van der Waals surface area contributed by atoms with E-state index in [0.29, 0.717) is 0 Å². The first-order valence-corrected chi connectivity index (χ1v) is 7.81. The number of amides is 1. The summed E-state index contributed by atoms with van der Waals surface area (Å²) in [5.41, 5.74) is 0. The molecule has 0 unspecified atom stereocenters. The van der Waals surface area contributed by atoms with E-state index < -0.39 is 0 Å². The molecule has 0 aromatic carbocycles. The molecule has 19 heavy (non-hydrogen) atoms. The van der Waals surface area contributed by atoms with E-state index in [1.807, 2.05) is 18.7 Å². The number of likely N-dealkylation sites (tertiary alicyclic amines) is 1. The Morgan fingerprint density at radius 3 is 2.00 bits per heavy atom. The Hall–Kier alpha value is -0.610. The Morgan fingerprint density at radius 2 is 1.53 bits per heavy atom. The summed E-state index contributed by atoms with van der Waals surface area (Å²) in [4.78, 5) is 18.2. The lowest BCUT2D eigenvalue weighted by molar-refractivity contribution is -0.130. The number of likely N-dealkylation sites (N-methyl/N-ethyl adjacent to an activating group) is 1. The highest BCUT2D eigenvalue weighted by Gasteiger charge is 2.23. The van der Waals surface area contributed by atoms with Crippen molar-refractivity contribution in [2.45, 2.75) is 33.6 Å². The zero-order valence-electron chi connectivity index (χ0n) is 13.2. The van der Waals surface area contributed by atoms with Crippen LogP contribution < -0.4 is 0 Å². The fourth-order valence-corrected chi connectivity index (χ4v) is 2.83. The van der Waals surface area contributed by atoms with Gasteiger partial charge in [-0.1, -0.05) is 13.8 Å². The van der Waals surface area contributed by atoms with Crippen LogP contribution in [0.4, 0.5) is 0 Å². The summed E-state index contributed by atoms with van der Waals surface area (Å²) in [6.45, 7) is 13.7. The molecular weight excluding hydrogens is 238 g/mol. The summed E-state index contributed by atoms with van der Waals surface area (Å²) in [5.74, 6) is 1.04. The van der Waals surface area contributed by atoms with Gasteiger partial charge in [0.05, 0.1) is 0 Å². The van der Waals surface area contributed by atoms with Crippen molar-refractivity contribution in [1.82, 2.24) is 14.7 Å². The lowest BCUT2D eigenvalue weighted by Gasteiger charge is -2.37. The van der Waals surface area contributed by atoms with Gasteiger partial charge in [-0.15, -0.1) is 0 Å². The molecule has 0 bridgehead atoms. The molecule has 2 heterocycles. The number of carbonyl (C=O) groups excluding carboxylic acids is 1. The van der Waals surface area contributed by atoms with Crippen LogP contribution in [0.2, 0.25) is 0 Å². The predicted octanol–water partition coefficient (Wildman–Crippen LogP) is 1.52. The van der Waals surface area contributed by atoms with Gasteiger partial charge >= 0.3 is 0 Å². The van der Waals surface area contributed by atoms with Crippen LogP contribution in [0, 0.1) is 5.92 Å². The molecule has 2 rings (SSSR count). The van der Waals surface area contributed by atoms with Crippen LogP contribution in [0.5, 0.6) is 0 Å². The third-order valence-electron chi connectivity index (χ3n) is 4.17. The molecule has 1 amide bonds. The van der Waals surface area contributed by atoms with Gasteiger partial charge in [0.2, 0.25) is 5.91 Å². The second-order valence-electron chi connectivity index (χ2n) is 5.55. The van der Waals surface area contributed by atoms with E-state index in [1.54, 1.807) is 6.92 Å². The van der Waals surface area contributed by atoms with Crippen LogP contribution in [0.15, 0.2) is 0 Å². The van der Waals surface area contributed by atoms with E-state index in [9.17, 15) is 4.79 Å². The first kappa shape index (κ1) is 16.4. The zero-order chi connectivity index (χ0) is 14.3. The van der Waals surface area contributed by atoms with E-state index in [4.69, 9.17) is 0 Å². The summed E-state index contributed by atoms with van der Waals surface area (Å²) in [6, 6.07) is 0. The van der Waals surface area contributed by atoms with Crippen LogP contribution in [-0.4, -0.2) is 73.5 Å². The summed E-state index contributed by atoms with van der Waals surface area (Å²) < 4.78 is 0. The monoisotopic (exact) mass is 269 g/mol. The van der Waals surface area contributed by atoms with Crippen molar-refractivity contribution in [3.05, 3.63) is 0 Å². The molecule has 0 radical (unpaired) electrons. The normalized spacial score (nSPS) is 22.8.